The Labute approximate surface area is 376 Å². The Hall–Kier alpha value is -3.66. The monoisotopic (exact) mass is 910 g/mol. The standard InChI is InChI=1S/2C25H25O.C3H4Cl2Si.Zr/c2*1-16-13-19-14-20(22-11-12-23(26-22)25(3,4)5)15-21(19)24(17(16)2)18-9-7-6-8-10-18;4-3(5)1-6-2-3;/h2*6-15H,1-5H3;1-2H2;/q2*-1;;+2. The Morgan fingerprint density at radius 1 is 0.559 bits per heavy atom. The van der Waals surface area contributed by atoms with Crippen LogP contribution in [0.25, 0.3) is 66.4 Å². The molecular formula is C53H54Cl2O2SiZr. The molecule has 1 aliphatic heterocycles. The summed E-state index contributed by atoms with van der Waals surface area (Å²) in [6, 6.07) is 45.6. The van der Waals surface area contributed by atoms with Crippen molar-refractivity contribution in [2.45, 2.75) is 96.5 Å². The number of halogens is 2. The van der Waals surface area contributed by atoms with Crippen LogP contribution in [0.5, 0.6) is 0 Å². The van der Waals surface area contributed by atoms with E-state index in [1.54, 1.807) is 23.3 Å². The van der Waals surface area contributed by atoms with Crippen molar-refractivity contribution >= 4 is 50.2 Å². The summed E-state index contributed by atoms with van der Waals surface area (Å²) < 4.78 is 12.0. The van der Waals surface area contributed by atoms with Gasteiger partial charge < -0.3 is 8.83 Å². The second-order valence-corrected chi connectivity index (χ2v) is 27.0. The minimum atomic E-state index is -0.294. The second-order valence-electron chi connectivity index (χ2n) is 18.3. The molecule has 2 aromatic heterocycles. The zero-order valence-electron chi connectivity index (χ0n) is 36.0. The van der Waals surface area contributed by atoms with Crippen molar-refractivity contribution in [2.24, 2.45) is 0 Å². The molecule has 6 heteroatoms. The number of aryl methyl sites for hydroxylation is 2. The molecule has 0 atom stereocenters. The van der Waals surface area contributed by atoms with Crippen LogP contribution in [0.3, 0.4) is 0 Å². The Morgan fingerprint density at radius 3 is 1.22 bits per heavy atom. The van der Waals surface area contributed by atoms with Gasteiger partial charge in [-0.2, -0.15) is 0 Å². The van der Waals surface area contributed by atoms with Crippen LogP contribution in [0.2, 0.25) is 12.1 Å². The summed E-state index contributed by atoms with van der Waals surface area (Å²) in [7, 11) is 0. The maximum atomic E-state index is 6.17. The summed E-state index contributed by atoms with van der Waals surface area (Å²) in [6.07, 6.45) is 0. The average molecular weight is 913 g/mol. The van der Waals surface area contributed by atoms with Crippen LogP contribution in [0, 0.1) is 27.7 Å². The van der Waals surface area contributed by atoms with Gasteiger partial charge in [-0.15, -0.1) is 57.9 Å². The fourth-order valence-electron chi connectivity index (χ4n) is 7.81. The van der Waals surface area contributed by atoms with Gasteiger partial charge in [0, 0.05) is 10.8 Å². The quantitative estimate of drug-likeness (QED) is 0.0999. The van der Waals surface area contributed by atoms with E-state index in [4.69, 9.17) is 32.0 Å². The van der Waals surface area contributed by atoms with Gasteiger partial charge in [0.25, 0.3) is 0 Å². The van der Waals surface area contributed by atoms with Crippen LogP contribution in [-0.4, -0.2) is 9.77 Å². The summed E-state index contributed by atoms with van der Waals surface area (Å²) >= 11 is 13.1. The number of fused-ring (bicyclic) bond motifs is 2. The number of hydrogen-bond donors (Lipinski definition) is 0. The van der Waals surface area contributed by atoms with E-state index in [1.807, 2.05) is 0 Å². The van der Waals surface area contributed by atoms with Crippen LogP contribution >= 0.6 is 23.2 Å². The van der Waals surface area contributed by atoms with E-state index in [-0.39, 0.29) is 20.6 Å². The molecule has 0 radical (unpaired) electrons. The fourth-order valence-corrected chi connectivity index (χ4v) is 18.6. The molecule has 300 valence electrons. The molecule has 3 heterocycles. The summed E-state index contributed by atoms with van der Waals surface area (Å²) in [5, 5.41) is 5.14. The third-order valence-corrected chi connectivity index (χ3v) is 17.5. The molecule has 0 N–H and O–H groups in total. The molecule has 0 amide bonds. The molecule has 59 heavy (non-hydrogen) atoms. The summed E-state index contributed by atoms with van der Waals surface area (Å²) in [5.74, 6) is 3.93. The zero-order chi connectivity index (χ0) is 42.4. The Kier molecular flexibility index (Phi) is 12.5. The van der Waals surface area contributed by atoms with Crippen molar-refractivity contribution in [3.05, 3.63) is 155 Å². The van der Waals surface area contributed by atoms with Crippen LogP contribution in [0.1, 0.15) is 75.3 Å². The Balaban J connectivity index is 0.000000154. The summed E-state index contributed by atoms with van der Waals surface area (Å²) in [4.78, 5) is 0. The molecule has 0 bridgehead atoms. The third kappa shape index (κ3) is 9.63. The van der Waals surface area contributed by atoms with Crippen LogP contribution < -0.4 is 0 Å². The SMILES string of the molecule is Cc1cc2[cH-]c(-c3ccc(C(C)(C)C)o3)cc2c(-c2ccccc2)c1C.Cc1cc2[cH-]c(-c3ccc(C(C)(C)C)o3)cc2c(-c2ccccc2)c1C.ClC1(Cl)C[Si](=[Zr+2])C1. The third-order valence-electron chi connectivity index (χ3n) is 11.4. The molecule has 0 aliphatic carbocycles. The predicted octanol–water partition coefficient (Wildman–Crippen LogP) is 16.5. The van der Waals surface area contributed by atoms with E-state index >= 15 is 0 Å². The fraction of sp³-hybridized carbons (Fsp3) is 0.283. The first-order valence-electron chi connectivity index (χ1n) is 20.5. The predicted molar refractivity (Wildman–Crippen MR) is 252 cm³/mol. The first-order valence-corrected chi connectivity index (χ1v) is 26.8. The molecule has 0 spiro atoms. The number of furan rings is 2. The summed E-state index contributed by atoms with van der Waals surface area (Å²) in [6.45, 7) is 21.9. The summed E-state index contributed by atoms with van der Waals surface area (Å²) in [5.41, 5.74) is 12.9. The minimum absolute atomic E-state index is 0.0205. The van der Waals surface area contributed by atoms with Crippen molar-refractivity contribution in [3.8, 4) is 44.9 Å². The van der Waals surface area contributed by atoms with Gasteiger partial charge in [0.05, 0.1) is 23.0 Å². The Bertz CT molecular complexity index is 2580. The number of rotatable bonds is 4. The van der Waals surface area contributed by atoms with Crippen LogP contribution in [0.4, 0.5) is 0 Å². The van der Waals surface area contributed by atoms with Crippen LogP contribution in [-0.2, 0) is 34.2 Å². The molecule has 9 rings (SSSR count). The van der Waals surface area contributed by atoms with Gasteiger partial charge in [-0.1, -0.05) is 136 Å². The van der Waals surface area contributed by atoms with Gasteiger partial charge in [0.1, 0.15) is 0 Å². The van der Waals surface area contributed by atoms with Gasteiger partial charge in [0.15, 0.2) is 0 Å². The molecule has 0 unspecified atom stereocenters. The molecule has 2 nitrogen and oxygen atoms in total. The molecular weight excluding hydrogens is 859 g/mol. The average Bonchev–Trinajstić information content (AvgIpc) is 3.99. The number of benzene rings is 4. The molecule has 1 aliphatic rings. The van der Waals surface area contributed by atoms with Crippen molar-refractivity contribution < 1.29 is 32.2 Å². The normalized spacial score (nSPS) is 13.8. The first kappa shape index (κ1) is 43.4. The van der Waals surface area contributed by atoms with Gasteiger partial charge in [-0.05, 0) is 74.2 Å². The van der Waals surface area contributed by atoms with Crippen LogP contribution in [0.15, 0.2) is 130 Å². The molecule has 1 fully saturated rings. The van der Waals surface area contributed by atoms with E-state index in [0.29, 0.717) is 0 Å². The van der Waals surface area contributed by atoms with Gasteiger partial charge in [-0.25, -0.2) is 0 Å². The van der Waals surface area contributed by atoms with Crippen molar-refractivity contribution in [1.82, 2.24) is 0 Å². The van der Waals surface area contributed by atoms with E-state index in [1.165, 1.54) is 66.1 Å². The molecule has 0 saturated carbocycles. The van der Waals surface area contributed by atoms with Crippen molar-refractivity contribution in [2.75, 3.05) is 0 Å². The van der Waals surface area contributed by atoms with Crippen molar-refractivity contribution in [1.29, 1.82) is 0 Å². The van der Waals surface area contributed by atoms with E-state index in [2.05, 4.69) is 191 Å². The van der Waals surface area contributed by atoms with Gasteiger partial charge >= 0.3 is 68.4 Å². The number of alkyl halides is 2. The molecule has 8 aromatic rings. The van der Waals surface area contributed by atoms with E-state index in [0.717, 1.165) is 46.3 Å². The molecule has 6 aromatic carbocycles. The van der Waals surface area contributed by atoms with Gasteiger partial charge in [-0.3, -0.25) is 0 Å². The van der Waals surface area contributed by atoms with Crippen molar-refractivity contribution in [3.63, 3.8) is 0 Å². The Morgan fingerprint density at radius 2 is 0.932 bits per heavy atom. The number of hydrogen-bond acceptors (Lipinski definition) is 2. The maximum absolute atomic E-state index is 6.17. The second kappa shape index (κ2) is 17.0. The van der Waals surface area contributed by atoms with E-state index < -0.39 is 0 Å². The van der Waals surface area contributed by atoms with Gasteiger partial charge in [0.2, 0.25) is 0 Å². The topological polar surface area (TPSA) is 26.3 Å². The zero-order valence-corrected chi connectivity index (χ0v) is 41.0. The molecule has 1 saturated heterocycles. The van der Waals surface area contributed by atoms with E-state index in [9.17, 15) is 0 Å². The first-order chi connectivity index (χ1) is 27.8.